The molecule has 0 aromatic carbocycles. The van der Waals surface area contributed by atoms with Crippen LogP contribution in [0.2, 0.25) is 0 Å². The van der Waals surface area contributed by atoms with Crippen LogP contribution in [0, 0.1) is 0 Å². The molecule has 3 heteroatoms. The van der Waals surface area contributed by atoms with Crippen molar-refractivity contribution in [1.29, 1.82) is 0 Å². The highest BCUT2D eigenvalue weighted by molar-refractivity contribution is 5.74. The SMILES string of the molecule is CO.O=CC1=CC=C(OC2CCCCC2)CC1. The molecule has 3 nitrogen and oxygen atoms in total. The molecule has 2 aliphatic carbocycles. The molecular formula is C14H22O3. The van der Waals surface area contributed by atoms with E-state index in [4.69, 9.17) is 9.84 Å². The maximum atomic E-state index is 10.5. The van der Waals surface area contributed by atoms with Gasteiger partial charge >= 0.3 is 0 Å². The van der Waals surface area contributed by atoms with Gasteiger partial charge in [-0.3, -0.25) is 4.79 Å². The predicted octanol–water partition coefficient (Wildman–Crippen LogP) is 2.75. The summed E-state index contributed by atoms with van der Waals surface area (Å²) in [5.74, 6) is 1.06. The lowest BCUT2D eigenvalue weighted by Crippen LogP contribution is -2.16. The zero-order valence-electron chi connectivity index (χ0n) is 10.5. The van der Waals surface area contributed by atoms with Crippen molar-refractivity contribution in [3.8, 4) is 0 Å². The van der Waals surface area contributed by atoms with Crippen molar-refractivity contribution in [1.82, 2.24) is 0 Å². The molecule has 0 radical (unpaired) electrons. The Kier molecular flexibility index (Phi) is 6.63. The van der Waals surface area contributed by atoms with Crippen molar-refractivity contribution in [2.45, 2.75) is 51.0 Å². The van der Waals surface area contributed by atoms with Crippen molar-refractivity contribution < 1.29 is 14.6 Å². The summed E-state index contributed by atoms with van der Waals surface area (Å²) in [5.41, 5.74) is 0.881. The monoisotopic (exact) mass is 238 g/mol. The first-order chi connectivity index (χ1) is 8.38. The van der Waals surface area contributed by atoms with E-state index in [1.807, 2.05) is 12.2 Å². The molecule has 2 aliphatic rings. The number of hydrogen-bond donors (Lipinski definition) is 1. The molecule has 0 spiro atoms. The fraction of sp³-hybridized carbons (Fsp3) is 0.643. The Balaban J connectivity index is 0.000000686. The van der Waals surface area contributed by atoms with Crippen LogP contribution in [0.3, 0.4) is 0 Å². The number of allylic oxidation sites excluding steroid dienone is 4. The summed E-state index contributed by atoms with van der Waals surface area (Å²) in [5, 5.41) is 7.00. The lowest BCUT2D eigenvalue weighted by atomic mass is 9.97. The molecule has 17 heavy (non-hydrogen) atoms. The van der Waals surface area contributed by atoms with Crippen LogP contribution in [0.15, 0.2) is 23.5 Å². The molecule has 0 aliphatic heterocycles. The topological polar surface area (TPSA) is 46.5 Å². The Morgan fingerprint density at radius 2 is 1.88 bits per heavy atom. The van der Waals surface area contributed by atoms with Gasteiger partial charge in [-0.15, -0.1) is 0 Å². The number of aliphatic hydroxyl groups is 1. The molecule has 96 valence electrons. The maximum absolute atomic E-state index is 10.5. The zero-order valence-corrected chi connectivity index (χ0v) is 10.5. The van der Waals surface area contributed by atoms with E-state index in [0.717, 1.165) is 37.6 Å². The summed E-state index contributed by atoms with van der Waals surface area (Å²) in [6.45, 7) is 0. The average Bonchev–Trinajstić information content (AvgIpc) is 2.43. The molecule has 0 aromatic rings. The summed E-state index contributed by atoms with van der Waals surface area (Å²) in [6.07, 6.45) is 13.3. The van der Waals surface area contributed by atoms with Crippen molar-refractivity contribution >= 4 is 6.29 Å². The fourth-order valence-electron chi connectivity index (χ4n) is 2.23. The van der Waals surface area contributed by atoms with Gasteiger partial charge in [0, 0.05) is 13.5 Å². The van der Waals surface area contributed by atoms with Gasteiger partial charge in [0.2, 0.25) is 0 Å². The summed E-state index contributed by atoms with van der Waals surface area (Å²) < 4.78 is 5.93. The third-order valence-electron chi connectivity index (χ3n) is 3.16. The van der Waals surface area contributed by atoms with Gasteiger partial charge in [0.1, 0.15) is 6.29 Å². The fourth-order valence-corrected chi connectivity index (χ4v) is 2.23. The third-order valence-corrected chi connectivity index (χ3v) is 3.16. The van der Waals surface area contributed by atoms with Crippen LogP contribution in [-0.4, -0.2) is 24.6 Å². The highest BCUT2D eigenvalue weighted by Crippen LogP contribution is 2.26. The first-order valence-corrected chi connectivity index (χ1v) is 6.35. The smallest absolute Gasteiger partial charge is 0.146 e. The van der Waals surface area contributed by atoms with Crippen molar-refractivity contribution in [3.63, 3.8) is 0 Å². The lowest BCUT2D eigenvalue weighted by Gasteiger charge is -2.25. The third kappa shape index (κ3) is 4.73. The standard InChI is InChI=1S/C13H18O2.CH4O/c14-10-11-6-8-13(9-7-11)15-12-4-2-1-3-5-12;1-2/h6,8,10,12H,1-5,7,9H2;2H,1H3. The Hall–Kier alpha value is -1.09. The van der Waals surface area contributed by atoms with E-state index in [-0.39, 0.29) is 0 Å². The van der Waals surface area contributed by atoms with E-state index in [1.165, 1.54) is 32.1 Å². The zero-order chi connectivity index (χ0) is 12.5. The van der Waals surface area contributed by atoms with Gasteiger partial charge in [-0.05, 0) is 43.8 Å². The van der Waals surface area contributed by atoms with Gasteiger partial charge < -0.3 is 9.84 Å². The van der Waals surface area contributed by atoms with Crippen LogP contribution in [0.4, 0.5) is 0 Å². The second kappa shape index (κ2) is 8.07. The molecule has 1 fully saturated rings. The Morgan fingerprint density at radius 1 is 1.18 bits per heavy atom. The van der Waals surface area contributed by atoms with Gasteiger partial charge in [0.05, 0.1) is 11.9 Å². The number of aldehydes is 1. The molecule has 1 saturated carbocycles. The second-order valence-corrected chi connectivity index (χ2v) is 4.37. The Labute approximate surface area is 103 Å². The Morgan fingerprint density at radius 3 is 2.41 bits per heavy atom. The van der Waals surface area contributed by atoms with E-state index >= 15 is 0 Å². The van der Waals surface area contributed by atoms with Crippen molar-refractivity contribution in [2.24, 2.45) is 0 Å². The number of aliphatic hydroxyl groups excluding tert-OH is 1. The van der Waals surface area contributed by atoms with Gasteiger partial charge in [0.15, 0.2) is 0 Å². The predicted molar refractivity (Wildman–Crippen MR) is 67.6 cm³/mol. The lowest BCUT2D eigenvalue weighted by molar-refractivity contribution is -0.105. The highest BCUT2D eigenvalue weighted by atomic mass is 16.5. The second-order valence-electron chi connectivity index (χ2n) is 4.37. The molecule has 0 saturated heterocycles. The normalized spacial score (nSPS) is 20.6. The first-order valence-electron chi connectivity index (χ1n) is 6.35. The molecule has 0 heterocycles. The van der Waals surface area contributed by atoms with Gasteiger partial charge in [-0.2, -0.15) is 0 Å². The van der Waals surface area contributed by atoms with Crippen LogP contribution in [0.25, 0.3) is 0 Å². The quantitative estimate of drug-likeness (QED) is 0.769. The van der Waals surface area contributed by atoms with Crippen LogP contribution in [0.1, 0.15) is 44.9 Å². The molecule has 0 amide bonds. The molecule has 0 atom stereocenters. The first kappa shape index (κ1) is 14.0. The average molecular weight is 238 g/mol. The minimum Gasteiger partial charge on any atom is -0.495 e. The Bertz CT molecular complexity index is 286. The van der Waals surface area contributed by atoms with Crippen LogP contribution >= 0.6 is 0 Å². The van der Waals surface area contributed by atoms with E-state index in [2.05, 4.69) is 0 Å². The molecular weight excluding hydrogens is 216 g/mol. The molecule has 2 rings (SSSR count). The van der Waals surface area contributed by atoms with Crippen LogP contribution in [0.5, 0.6) is 0 Å². The molecule has 0 aromatic heterocycles. The van der Waals surface area contributed by atoms with Gasteiger partial charge in [-0.25, -0.2) is 0 Å². The molecule has 0 bridgehead atoms. The number of carbonyl (C=O) groups is 1. The minimum atomic E-state index is 0.427. The van der Waals surface area contributed by atoms with Crippen molar-refractivity contribution in [3.05, 3.63) is 23.5 Å². The van der Waals surface area contributed by atoms with E-state index in [9.17, 15) is 4.79 Å². The van der Waals surface area contributed by atoms with Crippen molar-refractivity contribution in [2.75, 3.05) is 7.11 Å². The number of rotatable bonds is 3. The van der Waals surface area contributed by atoms with E-state index in [1.54, 1.807) is 0 Å². The summed E-state index contributed by atoms with van der Waals surface area (Å²) in [6, 6.07) is 0. The van der Waals surface area contributed by atoms with Crippen LogP contribution < -0.4 is 0 Å². The van der Waals surface area contributed by atoms with E-state index in [0.29, 0.717) is 6.10 Å². The number of ether oxygens (including phenoxy) is 1. The molecule has 0 unspecified atom stereocenters. The minimum absolute atomic E-state index is 0.427. The molecule has 1 N–H and O–H groups in total. The number of carbonyl (C=O) groups excluding carboxylic acids is 1. The van der Waals surface area contributed by atoms with Gasteiger partial charge in [-0.1, -0.05) is 12.5 Å². The summed E-state index contributed by atoms with van der Waals surface area (Å²) in [7, 11) is 1.00. The summed E-state index contributed by atoms with van der Waals surface area (Å²) >= 11 is 0. The van der Waals surface area contributed by atoms with Gasteiger partial charge in [0.25, 0.3) is 0 Å². The summed E-state index contributed by atoms with van der Waals surface area (Å²) in [4.78, 5) is 10.5. The highest BCUT2D eigenvalue weighted by Gasteiger charge is 2.16. The van der Waals surface area contributed by atoms with Crippen LogP contribution in [-0.2, 0) is 9.53 Å². The number of hydrogen-bond acceptors (Lipinski definition) is 3. The largest absolute Gasteiger partial charge is 0.495 e. The maximum Gasteiger partial charge on any atom is 0.146 e. The van der Waals surface area contributed by atoms with E-state index < -0.39 is 0 Å².